The lowest BCUT2D eigenvalue weighted by atomic mass is 10.1. The van der Waals surface area contributed by atoms with Crippen LogP contribution in [-0.4, -0.2) is 9.55 Å². The van der Waals surface area contributed by atoms with Crippen molar-refractivity contribution in [2.45, 2.75) is 5.38 Å². The zero-order valence-electron chi connectivity index (χ0n) is 7.89. The summed E-state index contributed by atoms with van der Waals surface area (Å²) in [7, 11) is 1.95. The van der Waals surface area contributed by atoms with Gasteiger partial charge in [0, 0.05) is 19.4 Å². The molecule has 3 heteroatoms. The van der Waals surface area contributed by atoms with Crippen molar-refractivity contribution in [2.75, 3.05) is 0 Å². The van der Waals surface area contributed by atoms with E-state index < -0.39 is 0 Å². The van der Waals surface area contributed by atoms with Crippen molar-refractivity contribution in [2.24, 2.45) is 7.05 Å². The molecule has 0 saturated carbocycles. The first-order chi connectivity index (χ1) is 6.79. The Hall–Kier alpha value is -1.28. The molecule has 0 spiro atoms. The molecule has 2 aromatic rings. The molecule has 0 N–H and O–H groups in total. The van der Waals surface area contributed by atoms with Gasteiger partial charge >= 0.3 is 0 Å². The Bertz CT molecular complexity index is 408. The molecular weight excluding hydrogens is 196 g/mol. The van der Waals surface area contributed by atoms with Crippen LogP contribution in [0.15, 0.2) is 42.7 Å². The van der Waals surface area contributed by atoms with Crippen molar-refractivity contribution in [3.8, 4) is 0 Å². The highest BCUT2D eigenvalue weighted by molar-refractivity contribution is 6.22. The summed E-state index contributed by atoms with van der Waals surface area (Å²) in [5.41, 5.74) is 1.07. The number of hydrogen-bond donors (Lipinski definition) is 0. The first-order valence-corrected chi connectivity index (χ1v) is 4.89. The molecule has 72 valence electrons. The Balaban J connectivity index is 2.34. The number of alkyl halides is 1. The molecule has 0 aliphatic carbocycles. The SMILES string of the molecule is Cn1ccnc1C(Cl)c1ccccc1. The summed E-state index contributed by atoms with van der Waals surface area (Å²) >= 11 is 6.29. The van der Waals surface area contributed by atoms with Crippen molar-refractivity contribution in [3.05, 3.63) is 54.1 Å². The Morgan fingerprint density at radius 3 is 2.57 bits per heavy atom. The smallest absolute Gasteiger partial charge is 0.131 e. The maximum absolute atomic E-state index is 6.29. The highest BCUT2D eigenvalue weighted by atomic mass is 35.5. The predicted molar refractivity (Wildman–Crippen MR) is 57.3 cm³/mol. The van der Waals surface area contributed by atoms with Crippen LogP contribution in [0.5, 0.6) is 0 Å². The minimum Gasteiger partial charge on any atom is -0.336 e. The van der Waals surface area contributed by atoms with Gasteiger partial charge in [0.1, 0.15) is 11.2 Å². The van der Waals surface area contributed by atoms with E-state index in [9.17, 15) is 0 Å². The van der Waals surface area contributed by atoms with Crippen molar-refractivity contribution in [1.29, 1.82) is 0 Å². The number of aryl methyl sites for hydroxylation is 1. The third-order valence-corrected chi connectivity index (χ3v) is 2.62. The third kappa shape index (κ3) is 1.66. The van der Waals surface area contributed by atoms with Gasteiger partial charge in [0.05, 0.1) is 0 Å². The van der Waals surface area contributed by atoms with Crippen LogP contribution in [0.1, 0.15) is 16.8 Å². The highest BCUT2D eigenvalue weighted by Crippen LogP contribution is 2.26. The molecule has 0 saturated heterocycles. The topological polar surface area (TPSA) is 17.8 Å². The molecule has 1 aromatic heterocycles. The second-order valence-corrected chi connectivity index (χ2v) is 3.61. The average Bonchev–Trinajstić information content (AvgIpc) is 2.65. The molecule has 1 unspecified atom stereocenters. The van der Waals surface area contributed by atoms with Crippen LogP contribution in [0.3, 0.4) is 0 Å². The number of rotatable bonds is 2. The first-order valence-electron chi connectivity index (χ1n) is 4.45. The van der Waals surface area contributed by atoms with Crippen molar-refractivity contribution >= 4 is 11.6 Å². The fourth-order valence-electron chi connectivity index (χ4n) is 1.39. The van der Waals surface area contributed by atoms with Gasteiger partial charge in [0.25, 0.3) is 0 Å². The summed E-state index contributed by atoms with van der Waals surface area (Å²) in [6, 6.07) is 9.95. The number of halogens is 1. The molecule has 2 rings (SSSR count). The lowest BCUT2D eigenvalue weighted by Gasteiger charge is -2.09. The van der Waals surface area contributed by atoms with E-state index in [1.807, 2.05) is 48.1 Å². The van der Waals surface area contributed by atoms with Gasteiger partial charge < -0.3 is 4.57 Å². The number of imidazole rings is 1. The van der Waals surface area contributed by atoms with E-state index >= 15 is 0 Å². The Morgan fingerprint density at radius 2 is 2.00 bits per heavy atom. The van der Waals surface area contributed by atoms with E-state index in [1.54, 1.807) is 6.20 Å². The lowest BCUT2D eigenvalue weighted by molar-refractivity contribution is 0.809. The van der Waals surface area contributed by atoms with Crippen LogP contribution >= 0.6 is 11.6 Å². The van der Waals surface area contributed by atoms with Crippen molar-refractivity contribution in [3.63, 3.8) is 0 Å². The Kier molecular flexibility index (Phi) is 2.55. The number of nitrogens with zero attached hydrogens (tertiary/aromatic N) is 2. The molecule has 2 nitrogen and oxygen atoms in total. The summed E-state index contributed by atoms with van der Waals surface area (Å²) in [4.78, 5) is 4.22. The fraction of sp³-hybridized carbons (Fsp3) is 0.182. The fourth-order valence-corrected chi connectivity index (χ4v) is 1.75. The van der Waals surface area contributed by atoms with Gasteiger partial charge in [-0.15, -0.1) is 11.6 Å². The van der Waals surface area contributed by atoms with Gasteiger partial charge in [-0.2, -0.15) is 0 Å². The van der Waals surface area contributed by atoms with Crippen molar-refractivity contribution < 1.29 is 0 Å². The van der Waals surface area contributed by atoms with Gasteiger partial charge in [-0.25, -0.2) is 4.98 Å². The quantitative estimate of drug-likeness (QED) is 0.691. The summed E-state index contributed by atoms with van der Waals surface area (Å²) in [5.74, 6) is 0.873. The largest absolute Gasteiger partial charge is 0.336 e. The molecule has 0 amide bonds. The van der Waals surface area contributed by atoms with Crippen LogP contribution in [0, 0.1) is 0 Å². The zero-order valence-corrected chi connectivity index (χ0v) is 8.65. The van der Waals surface area contributed by atoms with Crippen LogP contribution in [0.25, 0.3) is 0 Å². The molecule has 0 aliphatic heterocycles. The van der Waals surface area contributed by atoms with E-state index in [0.717, 1.165) is 11.4 Å². The highest BCUT2D eigenvalue weighted by Gasteiger charge is 2.13. The molecule has 1 atom stereocenters. The maximum Gasteiger partial charge on any atom is 0.131 e. The third-order valence-electron chi connectivity index (χ3n) is 2.18. The molecule has 0 bridgehead atoms. The monoisotopic (exact) mass is 206 g/mol. The normalized spacial score (nSPS) is 12.7. The molecular formula is C11H11ClN2. The molecule has 0 fully saturated rings. The average molecular weight is 207 g/mol. The summed E-state index contributed by atoms with van der Waals surface area (Å²) < 4.78 is 1.94. The molecule has 1 aromatic carbocycles. The number of aromatic nitrogens is 2. The van der Waals surface area contributed by atoms with Crippen LogP contribution in [0.2, 0.25) is 0 Å². The van der Waals surface area contributed by atoms with Gasteiger partial charge in [0.15, 0.2) is 0 Å². The van der Waals surface area contributed by atoms with Crippen LogP contribution in [0.4, 0.5) is 0 Å². The second-order valence-electron chi connectivity index (χ2n) is 3.17. The zero-order chi connectivity index (χ0) is 9.97. The lowest BCUT2D eigenvalue weighted by Crippen LogP contribution is -2.01. The minimum atomic E-state index is -0.170. The van der Waals surface area contributed by atoms with E-state index in [2.05, 4.69) is 4.98 Å². The standard InChI is InChI=1S/C11H11ClN2/c1-14-8-7-13-11(14)10(12)9-5-3-2-4-6-9/h2-8,10H,1H3. The van der Waals surface area contributed by atoms with Crippen LogP contribution in [-0.2, 0) is 7.05 Å². The van der Waals surface area contributed by atoms with E-state index in [0.29, 0.717) is 0 Å². The number of hydrogen-bond acceptors (Lipinski definition) is 1. The van der Waals surface area contributed by atoms with Crippen molar-refractivity contribution in [1.82, 2.24) is 9.55 Å². The Morgan fingerprint density at radius 1 is 1.29 bits per heavy atom. The Labute approximate surface area is 88.2 Å². The van der Waals surface area contributed by atoms with Crippen LogP contribution < -0.4 is 0 Å². The van der Waals surface area contributed by atoms with Gasteiger partial charge in [0.2, 0.25) is 0 Å². The number of benzene rings is 1. The summed E-state index contributed by atoms with van der Waals surface area (Å²) in [5, 5.41) is -0.170. The predicted octanol–water partition coefficient (Wildman–Crippen LogP) is 2.75. The summed E-state index contributed by atoms with van der Waals surface area (Å²) in [6.07, 6.45) is 3.65. The van der Waals surface area contributed by atoms with E-state index in [-0.39, 0.29) is 5.38 Å². The maximum atomic E-state index is 6.29. The van der Waals surface area contributed by atoms with E-state index in [4.69, 9.17) is 11.6 Å². The molecule has 0 radical (unpaired) electrons. The summed E-state index contributed by atoms with van der Waals surface area (Å²) in [6.45, 7) is 0. The first kappa shape index (κ1) is 9.28. The molecule has 14 heavy (non-hydrogen) atoms. The van der Waals surface area contributed by atoms with E-state index in [1.165, 1.54) is 0 Å². The molecule has 0 aliphatic rings. The van der Waals surface area contributed by atoms with Gasteiger partial charge in [-0.1, -0.05) is 30.3 Å². The second kappa shape index (κ2) is 3.84. The van der Waals surface area contributed by atoms with Gasteiger partial charge in [-0.05, 0) is 5.56 Å². The minimum absolute atomic E-state index is 0.170. The molecule has 1 heterocycles. The van der Waals surface area contributed by atoms with Gasteiger partial charge in [-0.3, -0.25) is 0 Å².